The molecule has 1 N–H and O–H groups in total. The van der Waals surface area contributed by atoms with Gasteiger partial charge in [-0.15, -0.1) is 11.3 Å². The topological polar surface area (TPSA) is 29.1 Å². The highest BCUT2D eigenvalue weighted by Gasteiger charge is 2.17. The Hall–Kier alpha value is -1.55. The molecule has 5 heteroatoms. The number of thiophene rings is 1. The van der Waals surface area contributed by atoms with Gasteiger partial charge in [0, 0.05) is 20.8 Å². The lowest BCUT2D eigenvalue weighted by molar-refractivity contribution is 0.103. The van der Waals surface area contributed by atoms with Crippen molar-refractivity contribution in [1.29, 1.82) is 0 Å². The summed E-state index contributed by atoms with van der Waals surface area (Å²) in [7, 11) is 0. The van der Waals surface area contributed by atoms with E-state index in [4.69, 9.17) is 23.2 Å². The van der Waals surface area contributed by atoms with Gasteiger partial charge in [0.1, 0.15) is 4.88 Å². The highest BCUT2D eigenvalue weighted by atomic mass is 35.5. The van der Waals surface area contributed by atoms with Crippen molar-refractivity contribution in [1.82, 2.24) is 0 Å². The SMILES string of the molecule is CCC(C)c1ccc(NC(=O)c2sc3cc(Cl)ccc3c2Cl)cc1. The Morgan fingerprint density at radius 3 is 2.54 bits per heavy atom. The molecule has 0 spiro atoms. The smallest absolute Gasteiger partial charge is 0.267 e. The number of halogens is 2. The third-order valence-corrected chi connectivity index (χ3v) is 6.04. The van der Waals surface area contributed by atoms with E-state index < -0.39 is 0 Å². The maximum absolute atomic E-state index is 12.5. The van der Waals surface area contributed by atoms with E-state index >= 15 is 0 Å². The van der Waals surface area contributed by atoms with Crippen LogP contribution in [0.15, 0.2) is 42.5 Å². The number of benzene rings is 2. The van der Waals surface area contributed by atoms with Gasteiger partial charge >= 0.3 is 0 Å². The van der Waals surface area contributed by atoms with Crippen molar-refractivity contribution < 1.29 is 4.79 Å². The molecule has 0 aliphatic heterocycles. The average Bonchev–Trinajstić information content (AvgIpc) is 2.91. The Labute approximate surface area is 155 Å². The molecule has 0 saturated heterocycles. The van der Waals surface area contributed by atoms with Crippen LogP contribution in [0, 0.1) is 0 Å². The zero-order valence-corrected chi connectivity index (χ0v) is 15.7. The standard InChI is InChI=1S/C19H17Cl2NOS/c1-3-11(2)12-4-7-14(8-5-12)22-19(23)18-17(21)15-9-6-13(20)10-16(15)24-18/h4-11H,3H2,1-2H3,(H,22,23). The van der Waals surface area contributed by atoms with Gasteiger partial charge in [0.05, 0.1) is 5.02 Å². The van der Waals surface area contributed by atoms with Crippen LogP contribution in [0.5, 0.6) is 0 Å². The van der Waals surface area contributed by atoms with Crippen LogP contribution >= 0.6 is 34.5 Å². The number of hydrogen-bond donors (Lipinski definition) is 1. The van der Waals surface area contributed by atoms with Crippen molar-refractivity contribution in [3.63, 3.8) is 0 Å². The molecule has 1 aromatic heterocycles. The Morgan fingerprint density at radius 1 is 1.17 bits per heavy atom. The van der Waals surface area contributed by atoms with Gasteiger partial charge in [-0.05, 0) is 42.2 Å². The lowest BCUT2D eigenvalue weighted by Gasteiger charge is -2.10. The van der Waals surface area contributed by atoms with Crippen LogP contribution < -0.4 is 5.32 Å². The summed E-state index contributed by atoms with van der Waals surface area (Å²) in [6, 6.07) is 13.4. The molecule has 0 aliphatic carbocycles. The number of hydrogen-bond acceptors (Lipinski definition) is 2. The minimum Gasteiger partial charge on any atom is -0.321 e. The molecular formula is C19H17Cl2NOS. The number of carbonyl (C=O) groups excluding carboxylic acids is 1. The minimum absolute atomic E-state index is 0.200. The molecule has 0 aliphatic rings. The number of fused-ring (bicyclic) bond motifs is 1. The Bertz CT molecular complexity index is 886. The number of nitrogens with one attached hydrogen (secondary N) is 1. The van der Waals surface area contributed by atoms with Crippen LogP contribution in [0.4, 0.5) is 5.69 Å². The molecule has 0 fully saturated rings. The molecule has 1 unspecified atom stereocenters. The summed E-state index contributed by atoms with van der Waals surface area (Å²) in [4.78, 5) is 13.0. The van der Waals surface area contributed by atoms with Gasteiger partial charge in [0.2, 0.25) is 0 Å². The molecule has 0 saturated carbocycles. The highest BCUT2D eigenvalue weighted by Crippen LogP contribution is 2.37. The fourth-order valence-electron chi connectivity index (χ4n) is 2.50. The van der Waals surface area contributed by atoms with Crippen molar-refractivity contribution >= 4 is 56.2 Å². The first-order chi connectivity index (χ1) is 11.5. The largest absolute Gasteiger partial charge is 0.321 e. The van der Waals surface area contributed by atoms with Gasteiger partial charge in [-0.25, -0.2) is 0 Å². The molecule has 0 bridgehead atoms. The second-order valence-corrected chi connectivity index (χ2v) is 7.64. The monoisotopic (exact) mass is 377 g/mol. The lowest BCUT2D eigenvalue weighted by atomic mass is 9.99. The van der Waals surface area contributed by atoms with Crippen LogP contribution in [-0.4, -0.2) is 5.91 Å². The van der Waals surface area contributed by atoms with E-state index in [0.717, 1.165) is 22.2 Å². The average molecular weight is 378 g/mol. The Kier molecular flexibility index (Phi) is 5.14. The van der Waals surface area contributed by atoms with Gasteiger partial charge < -0.3 is 5.32 Å². The number of amides is 1. The van der Waals surface area contributed by atoms with Gasteiger partial charge in [-0.1, -0.05) is 55.2 Å². The lowest BCUT2D eigenvalue weighted by Crippen LogP contribution is -2.10. The minimum atomic E-state index is -0.200. The maximum Gasteiger partial charge on any atom is 0.267 e. The molecule has 1 amide bonds. The third kappa shape index (κ3) is 3.44. The number of carbonyl (C=O) groups is 1. The molecule has 2 nitrogen and oxygen atoms in total. The van der Waals surface area contributed by atoms with Gasteiger partial charge in [0.15, 0.2) is 0 Å². The summed E-state index contributed by atoms with van der Waals surface area (Å²) < 4.78 is 0.907. The van der Waals surface area contributed by atoms with E-state index in [-0.39, 0.29) is 5.91 Å². The van der Waals surface area contributed by atoms with Crippen LogP contribution in [0.3, 0.4) is 0 Å². The van der Waals surface area contributed by atoms with Crippen molar-refractivity contribution in [2.75, 3.05) is 5.32 Å². The van der Waals surface area contributed by atoms with Gasteiger partial charge in [-0.2, -0.15) is 0 Å². The maximum atomic E-state index is 12.5. The van der Waals surface area contributed by atoms with Crippen LogP contribution in [0.1, 0.15) is 41.4 Å². The molecule has 2 aromatic carbocycles. The number of rotatable bonds is 4. The first kappa shape index (κ1) is 17.3. The second kappa shape index (κ2) is 7.14. The van der Waals surface area contributed by atoms with Gasteiger partial charge in [-0.3, -0.25) is 4.79 Å². The van der Waals surface area contributed by atoms with E-state index in [0.29, 0.717) is 20.8 Å². The Morgan fingerprint density at radius 2 is 1.88 bits per heavy atom. The van der Waals surface area contributed by atoms with Crippen molar-refractivity contribution in [3.05, 3.63) is 63.0 Å². The third-order valence-electron chi connectivity index (χ3n) is 4.15. The predicted molar refractivity (Wildman–Crippen MR) is 105 cm³/mol. The van der Waals surface area contributed by atoms with Crippen molar-refractivity contribution in [2.24, 2.45) is 0 Å². The molecule has 24 heavy (non-hydrogen) atoms. The molecule has 1 atom stereocenters. The first-order valence-electron chi connectivity index (χ1n) is 7.78. The number of anilines is 1. The zero-order valence-electron chi connectivity index (χ0n) is 13.4. The van der Waals surface area contributed by atoms with E-state index in [2.05, 4.69) is 31.3 Å². The van der Waals surface area contributed by atoms with Crippen LogP contribution in [-0.2, 0) is 0 Å². The summed E-state index contributed by atoms with van der Waals surface area (Å²) in [6.07, 6.45) is 1.09. The molecule has 124 valence electrons. The van der Waals surface area contributed by atoms with E-state index in [9.17, 15) is 4.79 Å². The van der Waals surface area contributed by atoms with E-state index in [1.165, 1.54) is 16.9 Å². The normalized spacial score (nSPS) is 12.3. The highest BCUT2D eigenvalue weighted by molar-refractivity contribution is 7.21. The Balaban J connectivity index is 1.83. The second-order valence-electron chi connectivity index (χ2n) is 5.77. The molecule has 3 rings (SSSR count). The van der Waals surface area contributed by atoms with Crippen molar-refractivity contribution in [2.45, 2.75) is 26.2 Å². The predicted octanol–water partition coefficient (Wildman–Crippen LogP) is 6.97. The van der Waals surface area contributed by atoms with E-state index in [1.54, 1.807) is 6.07 Å². The molecule has 1 heterocycles. The van der Waals surface area contributed by atoms with E-state index in [1.807, 2.05) is 24.3 Å². The summed E-state index contributed by atoms with van der Waals surface area (Å²) in [5.74, 6) is 0.310. The van der Waals surface area contributed by atoms with Crippen LogP contribution in [0.25, 0.3) is 10.1 Å². The molecule has 3 aromatic rings. The first-order valence-corrected chi connectivity index (χ1v) is 9.35. The summed E-state index contributed by atoms with van der Waals surface area (Å²) >= 11 is 13.7. The summed E-state index contributed by atoms with van der Waals surface area (Å²) in [6.45, 7) is 4.35. The fourth-order valence-corrected chi connectivity index (χ4v) is 4.19. The molecule has 0 radical (unpaired) electrons. The molecular weight excluding hydrogens is 361 g/mol. The summed E-state index contributed by atoms with van der Waals surface area (Å²) in [5, 5.41) is 4.87. The zero-order chi connectivity index (χ0) is 17.3. The quantitative estimate of drug-likeness (QED) is 0.522. The fraction of sp³-hybridized carbons (Fsp3) is 0.211. The summed E-state index contributed by atoms with van der Waals surface area (Å²) in [5.41, 5.74) is 2.03. The van der Waals surface area contributed by atoms with Crippen LogP contribution in [0.2, 0.25) is 10.0 Å². The van der Waals surface area contributed by atoms with Crippen molar-refractivity contribution in [3.8, 4) is 0 Å². The van der Waals surface area contributed by atoms with Gasteiger partial charge in [0.25, 0.3) is 5.91 Å².